The molecule has 1 rings (SSSR count). The fourth-order valence-electron chi connectivity index (χ4n) is 1.70. The second-order valence-electron chi connectivity index (χ2n) is 4.74. The van der Waals surface area contributed by atoms with Crippen molar-refractivity contribution in [3.63, 3.8) is 0 Å². The molecule has 1 N–H and O–H groups in total. The predicted octanol–water partition coefficient (Wildman–Crippen LogP) is 2.91. The number of hydrogen-bond acceptors (Lipinski definition) is 2. The molecule has 0 aliphatic carbocycles. The van der Waals surface area contributed by atoms with Crippen molar-refractivity contribution in [2.75, 3.05) is 20.1 Å². The van der Waals surface area contributed by atoms with Gasteiger partial charge in [0.2, 0.25) is 0 Å². The van der Waals surface area contributed by atoms with Crippen LogP contribution in [0.1, 0.15) is 34.6 Å². The van der Waals surface area contributed by atoms with Gasteiger partial charge in [-0.3, -0.25) is 4.79 Å². The van der Waals surface area contributed by atoms with Crippen molar-refractivity contribution in [1.29, 1.82) is 0 Å². The maximum absolute atomic E-state index is 12.0. The normalized spacial score (nSPS) is 17.2. The Morgan fingerprint density at radius 1 is 1.32 bits per heavy atom. The van der Waals surface area contributed by atoms with Gasteiger partial charge in [0.15, 0.2) is 0 Å². The highest BCUT2D eigenvalue weighted by molar-refractivity contribution is 5.96. The summed E-state index contributed by atoms with van der Waals surface area (Å²) in [6, 6.07) is 0.293. The standard InChI is InChI=1S/C14H22N2O.C2H6/c1-6-12(7-11(4)10(2)3)14(17)15-13-8-16(5)9-13;1-2/h6-7,13H,2,8-9H2,1,3-5H3,(H,15,17);1-2H3/b11-7-,12-6+;. The number of nitrogens with one attached hydrogen (secondary N) is 1. The van der Waals surface area contributed by atoms with E-state index < -0.39 is 0 Å². The summed E-state index contributed by atoms with van der Waals surface area (Å²) in [5, 5.41) is 3.02. The van der Waals surface area contributed by atoms with Gasteiger partial charge in [-0.15, -0.1) is 0 Å². The minimum Gasteiger partial charge on any atom is -0.347 e. The van der Waals surface area contributed by atoms with Gasteiger partial charge in [-0.05, 0) is 39.5 Å². The minimum absolute atomic E-state index is 0.00574. The van der Waals surface area contributed by atoms with E-state index in [0.717, 1.165) is 24.2 Å². The van der Waals surface area contributed by atoms with Crippen molar-refractivity contribution in [1.82, 2.24) is 10.2 Å². The average molecular weight is 264 g/mol. The van der Waals surface area contributed by atoms with E-state index in [0.29, 0.717) is 11.6 Å². The minimum atomic E-state index is 0.00574. The van der Waals surface area contributed by atoms with Crippen LogP contribution < -0.4 is 5.32 Å². The fourth-order valence-corrected chi connectivity index (χ4v) is 1.70. The number of likely N-dealkylation sites (tertiary alicyclic amines) is 1. The number of likely N-dealkylation sites (N-methyl/N-ethyl adjacent to an activating group) is 1. The Morgan fingerprint density at radius 3 is 2.21 bits per heavy atom. The molecule has 19 heavy (non-hydrogen) atoms. The number of hydrogen-bond donors (Lipinski definition) is 1. The zero-order chi connectivity index (χ0) is 15.0. The number of carbonyl (C=O) groups is 1. The lowest BCUT2D eigenvalue weighted by Crippen LogP contribution is -2.57. The van der Waals surface area contributed by atoms with Crippen LogP contribution in [0.2, 0.25) is 0 Å². The third kappa shape index (κ3) is 5.88. The van der Waals surface area contributed by atoms with Crippen molar-refractivity contribution in [3.8, 4) is 0 Å². The number of carbonyl (C=O) groups excluding carboxylic acids is 1. The number of amides is 1. The quantitative estimate of drug-likeness (QED) is 0.625. The Hall–Kier alpha value is -1.35. The number of rotatable bonds is 4. The fraction of sp³-hybridized carbons (Fsp3) is 0.562. The highest BCUT2D eigenvalue weighted by Crippen LogP contribution is 2.11. The molecule has 1 aliphatic heterocycles. The number of nitrogens with zero attached hydrogens (tertiary/aromatic N) is 1. The van der Waals surface area contributed by atoms with Crippen molar-refractivity contribution in [2.45, 2.75) is 40.7 Å². The van der Waals surface area contributed by atoms with Gasteiger partial charge in [0, 0.05) is 18.7 Å². The zero-order valence-corrected chi connectivity index (χ0v) is 13.2. The van der Waals surface area contributed by atoms with E-state index in [1.54, 1.807) is 0 Å². The Balaban J connectivity index is 0.00000154. The molecule has 0 bridgehead atoms. The smallest absolute Gasteiger partial charge is 0.251 e. The molecule has 3 nitrogen and oxygen atoms in total. The van der Waals surface area contributed by atoms with Crippen LogP contribution in [-0.4, -0.2) is 37.0 Å². The van der Waals surface area contributed by atoms with E-state index in [4.69, 9.17) is 0 Å². The lowest BCUT2D eigenvalue weighted by molar-refractivity contribution is -0.118. The lowest BCUT2D eigenvalue weighted by Gasteiger charge is -2.36. The second-order valence-corrected chi connectivity index (χ2v) is 4.74. The molecule has 3 heteroatoms. The zero-order valence-electron chi connectivity index (χ0n) is 13.2. The van der Waals surface area contributed by atoms with E-state index in [9.17, 15) is 4.79 Å². The van der Waals surface area contributed by atoms with Gasteiger partial charge in [0.1, 0.15) is 0 Å². The Labute approximate surface area is 118 Å². The van der Waals surface area contributed by atoms with Crippen molar-refractivity contribution in [2.24, 2.45) is 0 Å². The van der Waals surface area contributed by atoms with Crippen LogP contribution in [0.4, 0.5) is 0 Å². The molecule has 1 saturated heterocycles. The van der Waals surface area contributed by atoms with Gasteiger partial charge < -0.3 is 10.2 Å². The molecular formula is C16H28N2O. The van der Waals surface area contributed by atoms with Gasteiger partial charge in [-0.25, -0.2) is 0 Å². The molecule has 1 fully saturated rings. The summed E-state index contributed by atoms with van der Waals surface area (Å²) in [6.07, 6.45) is 3.73. The highest BCUT2D eigenvalue weighted by atomic mass is 16.1. The van der Waals surface area contributed by atoms with Gasteiger partial charge in [0.25, 0.3) is 5.91 Å². The molecule has 0 spiro atoms. The third-order valence-corrected chi connectivity index (χ3v) is 3.02. The summed E-state index contributed by atoms with van der Waals surface area (Å²) >= 11 is 0. The van der Waals surface area contributed by atoms with Gasteiger partial charge >= 0.3 is 0 Å². The largest absolute Gasteiger partial charge is 0.347 e. The average Bonchev–Trinajstić information content (AvgIpc) is 2.35. The summed E-state index contributed by atoms with van der Waals surface area (Å²) in [7, 11) is 2.05. The first kappa shape index (κ1) is 17.6. The summed E-state index contributed by atoms with van der Waals surface area (Å²) in [6.45, 7) is 15.5. The lowest BCUT2D eigenvalue weighted by atomic mass is 10.1. The van der Waals surface area contributed by atoms with Crippen LogP contribution >= 0.6 is 0 Å². The van der Waals surface area contributed by atoms with E-state index in [2.05, 4.69) is 16.8 Å². The first-order valence-corrected chi connectivity index (χ1v) is 6.94. The van der Waals surface area contributed by atoms with Gasteiger partial charge in [-0.2, -0.15) is 0 Å². The Kier molecular flexibility index (Phi) is 8.08. The van der Waals surface area contributed by atoms with E-state index in [-0.39, 0.29) is 5.91 Å². The molecular weight excluding hydrogens is 236 g/mol. The van der Waals surface area contributed by atoms with Crippen LogP contribution in [-0.2, 0) is 4.79 Å². The molecule has 0 saturated carbocycles. The molecule has 108 valence electrons. The molecule has 1 aliphatic rings. The van der Waals surface area contributed by atoms with Crippen LogP contribution in [0.3, 0.4) is 0 Å². The topological polar surface area (TPSA) is 32.3 Å². The molecule has 0 aromatic rings. The molecule has 0 atom stereocenters. The van der Waals surface area contributed by atoms with Crippen molar-refractivity contribution in [3.05, 3.63) is 35.5 Å². The Bertz CT molecular complexity index is 374. The van der Waals surface area contributed by atoms with Crippen molar-refractivity contribution < 1.29 is 4.79 Å². The van der Waals surface area contributed by atoms with E-state index >= 15 is 0 Å². The highest BCUT2D eigenvalue weighted by Gasteiger charge is 2.25. The molecule has 1 amide bonds. The van der Waals surface area contributed by atoms with Crippen molar-refractivity contribution >= 4 is 5.91 Å². The second kappa shape index (κ2) is 8.70. The molecule has 0 radical (unpaired) electrons. The predicted molar refractivity (Wildman–Crippen MR) is 83.1 cm³/mol. The first-order valence-electron chi connectivity index (χ1n) is 6.94. The van der Waals surface area contributed by atoms with Gasteiger partial charge in [-0.1, -0.05) is 32.1 Å². The maximum Gasteiger partial charge on any atom is 0.251 e. The van der Waals surface area contributed by atoms with E-state index in [1.807, 2.05) is 53.8 Å². The van der Waals surface area contributed by atoms with Gasteiger partial charge in [0.05, 0.1) is 6.04 Å². The molecule has 0 aromatic heterocycles. The van der Waals surface area contributed by atoms with E-state index in [1.165, 1.54) is 0 Å². The summed E-state index contributed by atoms with van der Waals surface area (Å²) in [5.74, 6) is 0.00574. The molecule has 0 aromatic carbocycles. The maximum atomic E-state index is 12.0. The van der Waals surface area contributed by atoms with Crippen LogP contribution in [0, 0.1) is 0 Å². The summed E-state index contributed by atoms with van der Waals surface area (Å²) in [4.78, 5) is 14.1. The third-order valence-electron chi connectivity index (χ3n) is 3.02. The summed E-state index contributed by atoms with van der Waals surface area (Å²) < 4.78 is 0. The molecule has 1 heterocycles. The van der Waals surface area contributed by atoms with Crippen LogP contribution in [0.25, 0.3) is 0 Å². The molecule has 0 unspecified atom stereocenters. The number of allylic oxidation sites excluding steroid dienone is 3. The van der Waals surface area contributed by atoms with Crippen LogP contribution in [0.15, 0.2) is 35.5 Å². The first-order chi connectivity index (χ1) is 8.93. The summed E-state index contributed by atoms with van der Waals surface area (Å²) in [5.41, 5.74) is 2.74. The SMILES string of the molecule is C=C(C)/C(C)=C\C(=C/C)C(=O)NC1CN(C)C1.CC. The monoisotopic (exact) mass is 264 g/mol. The van der Waals surface area contributed by atoms with Crippen LogP contribution in [0.5, 0.6) is 0 Å². The Morgan fingerprint density at radius 2 is 1.84 bits per heavy atom.